The molecule has 3 N–H and O–H groups in total. The van der Waals surface area contributed by atoms with E-state index in [0.717, 1.165) is 80.0 Å². The topological polar surface area (TPSA) is 133 Å². The van der Waals surface area contributed by atoms with E-state index in [1.165, 1.54) is 0 Å². The predicted octanol–water partition coefficient (Wildman–Crippen LogP) is 2.37. The second kappa shape index (κ2) is 9.14. The molecule has 0 saturated carbocycles. The van der Waals surface area contributed by atoms with Gasteiger partial charge in [-0.05, 0) is 51.3 Å². The molecule has 2 saturated heterocycles. The Morgan fingerprint density at radius 1 is 1.19 bits per heavy atom. The molecule has 5 heterocycles. The minimum absolute atomic E-state index is 0.412. The van der Waals surface area contributed by atoms with E-state index >= 15 is 0 Å². The van der Waals surface area contributed by atoms with Crippen LogP contribution in [0.4, 0.5) is 0 Å². The standard InChI is InChI=1S/C25H31N9O2/c1-3-33-22(10-15(2)31-33)25-28-24(29-30-25)19-11-16(23(26)35)12-21-20(19)13-27-34(21)14-18-4-7-32(18)17-5-8-36-9-6-17/h10-13,17-18H,3-9,14H2,1-2H3,(H2,26,35)(H,28,29,30). The fourth-order valence-corrected chi connectivity index (χ4v) is 5.48. The van der Waals surface area contributed by atoms with Crippen LogP contribution in [0.2, 0.25) is 0 Å². The van der Waals surface area contributed by atoms with Gasteiger partial charge in [0.2, 0.25) is 5.91 Å². The molecule has 0 bridgehead atoms. The summed E-state index contributed by atoms with van der Waals surface area (Å²) in [6, 6.07) is 6.55. The number of primary amides is 1. The van der Waals surface area contributed by atoms with Gasteiger partial charge in [0.05, 0.1) is 24.0 Å². The van der Waals surface area contributed by atoms with Gasteiger partial charge in [0, 0.05) is 54.9 Å². The third-order valence-electron chi connectivity index (χ3n) is 7.45. The van der Waals surface area contributed by atoms with E-state index in [1.807, 2.05) is 41.5 Å². The molecule has 2 fully saturated rings. The van der Waals surface area contributed by atoms with Gasteiger partial charge in [0.15, 0.2) is 11.6 Å². The van der Waals surface area contributed by atoms with Crippen molar-refractivity contribution in [1.82, 2.24) is 39.6 Å². The number of carbonyl (C=O) groups is 1. The van der Waals surface area contributed by atoms with Crippen molar-refractivity contribution in [2.75, 3.05) is 19.8 Å². The number of likely N-dealkylation sites (tertiary alicyclic amines) is 1. The summed E-state index contributed by atoms with van der Waals surface area (Å²) in [7, 11) is 0. The van der Waals surface area contributed by atoms with Crippen LogP contribution >= 0.6 is 0 Å². The van der Waals surface area contributed by atoms with Crippen LogP contribution in [0.15, 0.2) is 24.4 Å². The van der Waals surface area contributed by atoms with Gasteiger partial charge in [-0.2, -0.15) is 15.3 Å². The van der Waals surface area contributed by atoms with Crippen molar-refractivity contribution in [3.63, 3.8) is 0 Å². The first kappa shape index (κ1) is 22.9. The molecule has 11 heteroatoms. The van der Waals surface area contributed by atoms with Gasteiger partial charge in [-0.3, -0.25) is 24.2 Å². The summed E-state index contributed by atoms with van der Waals surface area (Å²) in [5.74, 6) is 0.625. The molecular weight excluding hydrogens is 458 g/mol. The second-order valence-electron chi connectivity index (χ2n) is 9.67. The van der Waals surface area contributed by atoms with Crippen molar-refractivity contribution in [3.05, 3.63) is 35.7 Å². The van der Waals surface area contributed by atoms with Crippen LogP contribution in [0.5, 0.6) is 0 Å². The lowest BCUT2D eigenvalue weighted by Crippen LogP contribution is -2.56. The molecule has 0 spiro atoms. The van der Waals surface area contributed by atoms with Crippen molar-refractivity contribution in [2.45, 2.75) is 58.3 Å². The quantitative estimate of drug-likeness (QED) is 0.407. The van der Waals surface area contributed by atoms with Gasteiger partial charge in [0.1, 0.15) is 5.69 Å². The zero-order chi connectivity index (χ0) is 24.8. The first-order chi connectivity index (χ1) is 17.5. The van der Waals surface area contributed by atoms with E-state index in [1.54, 1.807) is 6.07 Å². The number of aryl methyl sites for hydroxylation is 2. The van der Waals surface area contributed by atoms with E-state index in [-0.39, 0.29) is 0 Å². The molecule has 11 nitrogen and oxygen atoms in total. The molecule has 1 atom stereocenters. The van der Waals surface area contributed by atoms with Crippen LogP contribution in [0, 0.1) is 6.92 Å². The number of H-pyrrole nitrogens is 1. The summed E-state index contributed by atoms with van der Waals surface area (Å²) in [5.41, 5.74) is 9.49. The number of amides is 1. The summed E-state index contributed by atoms with van der Waals surface area (Å²) in [6.45, 7) is 8.25. The number of nitrogens with one attached hydrogen (secondary N) is 1. The number of ether oxygens (including phenoxy) is 1. The molecule has 4 aromatic rings. The van der Waals surface area contributed by atoms with Crippen LogP contribution in [0.1, 0.15) is 42.2 Å². The number of benzene rings is 1. The van der Waals surface area contributed by atoms with Gasteiger partial charge < -0.3 is 10.5 Å². The Bertz CT molecular complexity index is 1410. The van der Waals surface area contributed by atoms with Gasteiger partial charge in [-0.15, -0.1) is 0 Å². The molecule has 6 rings (SSSR count). The van der Waals surface area contributed by atoms with Crippen LogP contribution < -0.4 is 5.73 Å². The summed E-state index contributed by atoms with van der Waals surface area (Å²) in [4.78, 5) is 19.6. The Hall–Kier alpha value is -3.57. The second-order valence-corrected chi connectivity index (χ2v) is 9.67. The highest BCUT2D eigenvalue weighted by Gasteiger charge is 2.35. The van der Waals surface area contributed by atoms with Crippen LogP contribution in [-0.4, -0.2) is 77.4 Å². The highest BCUT2D eigenvalue weighted by atomic mass is 16.5. The van der Waals surface area contributed by atoms with E-state index in [4.69, 9.17) is 20.6 Å². The van der Waals surface area contributed by atoms with Crippen molar-refractivity contribution in [2.24, 2.45) is 5.73 Å². The zero-order valence-electron chi connectivity index (χ0n) is 20.6. The molecule has 2 aliphatic heterocycles. The van der Waals surface area contributed by atoms with Crippen molar-refractivity contribution < 1.29 is 9.53 Å². The Balaban J connectivity index is 1.35. The SMILES string of the molecule is CCn1nc(C)cc1-c1nc(-c2cc(C(N)=O)cc3c2cnn3CC2CCN2C2CCOCC2)n[nH]1. The summed E-state index contributed by atoms with van der Waals surface area (Å²) in [5, 5.41) is 17.6. The van der Waals surface area contributed by atoms with Gasteiger partial charge in [-0.1, -0.05) is 0 Å². The lowest BCUT2D eigenvalue weighted by atomic mass is 9.95. The molecule has 0 radical (unpaired) electrons. The molecule has 3 aromatic heterocycles. The first-order valence-electron chi connectivity index (χ1n) is 12.6. The van der Waals surface area contributed by atoms with Gasteiger partial charge in [0.25, 0.3) is 0 Å². The number of aromatic nitrogens is 7. The molecular formula is C25H31N9O2. The fraction of sp³-hybridized carbons (Fsp3) is 0.480. The smallest absolute Gasteiger partial charge is 0.248 e. The highest BCUT2D eigenvalue weighted by molar-refractivity contribution is 6.02. The number of hydrogen-bond acceptors (Lipinski definition) is 7. The molecule has 0 aliphatic carbocycles. The van der Waals surface area contributed by atoms with Gasteiger partial charge >= 0.3 is 0 Å². The molecule has 2 aliphatic rings. The summed E-state index contributed by atoms with van der Waals surface area (Å²) in [6.07, 6.45) is 5.13. The largest absolute Gasteiger partial charge is 0.381 e. The maximum absolute atomic E-state index is 12.2. The van der Waals surface area contributed by atoms with Crippen LogP contribution in [0.3, 0.4) is 0 Å². The number of fused-ring (bicyclic) bond motifs is 1. The zero-order valence-corrected chi connectivity index (χ0v) is 20.6. The Labute approximate surface area is 208 Å². The van der Waals surface area contributed by atoms with E-state index in [9.17, 15) is 4.79 Å². The van der Waals surface area contributed by atoms with E-state index in [0.29, 0.717) is 29.3 Å². The normalized spacial score (nSPS) is 19.1. The summed E-state index contributed by atoms with van der Waals surface area (Å²) >= 11 is 0. The third-order valence-corrected chi connectivity index (χ3v) is 7.45. The van der Waals surface area contributed by atoms with Gasteiger partial charge in [-0.25, -0.2) is 4.98 Å². The van der Waals surface area contributed by atoms with E-state index in [2.05, 4.69) is 20.2 Å². The lowest BCUT2D eigenvalue weighted by molar-refractivity contribution is -0.0289. The number of aromatic amines is 1. The molecule has 1 unspecified atom stereocenters. The Morgan fingerprint density at radius 2 is 2.03 bits per heavy atom. The predicted molar refractivity (Wildman–Crippen MR) is 134 cm³/mol. The average Bonchev–Trinajstić information content (AvgIpc) is 3.60. The molecule has 1 amide bonds. The number of carbonyl (C=O) groups excluding carboxylic acids is 1. The summed E-state index contributed by atoms with van der Waals surface area (Å²) < 4.78 is 9.42. The van der Waals surface area contributed by atoms with Crippen molar-refractivity contribution in [1.29, 1.82) is 0 Å². The number of nitrogens with two attached hydrogens (primary N) is 1. The number of hydrogen-bond donors (Lipinski definition) is 2. The highest BCUT2D eigenvalue weighted by Crippen LogP contribution is 2.32. The lowest BCUT2D eigenvalue weighted by Gasteiger charge is -2.47. The third kappa shape index (κ3) is 3.97. The van der Waals surface area contributed by atoms with Crippen molar-refractivity contribution in [3.8, 4) is 22.9 Å². The first-order valence-corrected chi connectivity index (χ1v) is 12.6. The molecule has 188 valence electrons. The van der Waals surface area contributed by atoms with Crippen LogP contribution in [0.25, 0.3) is 33.8 Å². The van der Waals surface area contributed by atoms with Crippen molar-refractivity contribution >= 4 is 16.8 Å². The Kier molecular flexibility index (Phi) is 5.81. The number of rotatable bonds is 7. The maximum Gasteiger partial charge on any atom is 0.248 e. The Morgan fingerprint density at radius 3 is 2.75 bits per heavy atom. The fourth-order valence-electron chi connectivity index (χ4n) is 5.48. The molecule has 1 aromatic carbocycles. The monoisotopic (exact) mass is 489 g/mol. The minimum atomic E-state index is -0.492. The number of nitrogens with zero attached hydrogens (tertiary/aromatic N) is 7. The van der Waals surface area contributed by atoms with Crippen LogP contribution in [-0.2, 0) is 17.8 Å². The average molecular weight is 490 g/mol. The van der Waals surface area contributed by atoms with E-state index < -0.39 is 5.91 Å². The molecule has 36 heavy (non-hydrogen) atoms. The minimum Gasteiger partial charge on any atom is -0.381 e. The maximum atomic E-state index is 12.2.